The second-order valence-corrected chi connectivity index (χ2v) is 10.7. The number of aromatic nitrogens is 1. The number of ether oxygens (including phenoxy) is 1. The Bertz CT molecular complexity index is 1510. The molecule has 0 saturated heterocycles. The molecule has 4 rings (SSSR count). The Balaban J connectivity index is 1.59. The summed E-state index contributed by atoms with van der Waals surface area (Å²) >= 11 is 7.48. The first-order valence-electron chi connectivity index (χ1n) is 10.3. The number of anilines is 1. The molecule has 1 N–H and O–H groups in total. The maximum Gasteiger partial charge on any atom is 0.279 e. The van der Waals surface area contributed by atoms with Crippen LogP contribution in [0.2, 0.25) is 5.02 Å². The number of amides is 1. The van der Waals surface area contributed by atoms with Crippen LogP contribution < -0.4 is 9.52 Å². The zero-order valence-corrected chi connectivity index (χ0v) is 20.9. The quantitative estimate of drug-likeness (QED) is 0.381. The SMILES string of the molecule is COCCn1c(=NC(=O)c2ccc(NS(=O)(=O)c3ccc(C)cc3)cc2)sc2cc(Cl)ccc21. The first kappa shape index (κ1) is 24.2. The molecule has 0 aliphatic heterocycles. The van der Waals surface area contributed by atoms with Gasteiger partial charge in [-0.3, -0.25) is 9.52 Å². The van der Waals surface area contributed by atoms with Crippen molar-refractivity contribution < 1.29 is 17.9 Å². The van der Waals surface area contributed by atoms with Crippen molar-refractivity contribution in [3.63, 3.8) is 0 Å². The van der Waals surface area contributed by atoms with E-state index in [0.29, 0.717) is 34.2 Å². The number of nitrogens with one attached hydrogen (secondary N) is 1. The second kappa shape index (κ2) is 10.1. The number of rotatable bonds is 7. The van der Waals surface area contributed by atoms with Crippen LogP contribution in [0, 0.1) is 6.92 Å². The lowest BCUT2D eigenvalue weighted by Gasteiger charge is -2.08. The number of fused-ring (bicyclic) bond motifs is 1. The summed E-state index contributed by atoms with van der Waals surface area (Å²) in [4.78, 5) is 17.9. The van der Waals surface area contributed by atoms with Crippen molar-refractivity contribution in [2.45, 2.75) is 18.4 Å². The van der Waals surface area contributed by atoms with Crippen LogP contribution in [0.3, 0.4) is 0 Å². The van der Waals surface area contributed by atoms with Crippen LogP contribution >= 0.6 is 22.9 Å². The minimum Gasteiger partial charge on any atom is -0.383 e. The van der Waals surface area contributed by atoms with E-state index in [0.717, 1.165) is 15.8 Å². The van der Waals surface area contributed by atoms with Gasteiger partial charge in [-0.15, -0.1) is 0 Å². The van der Waals surface area contributed by atoms with E-state index in [1.807, 2.05) is 23.6 Å². The molecule has 0 aliphatic rings. The number of carbonyl (C=O) groups is 1. The maximum absolute atomic E-state index is 12.9. The molecule has 10 heteroatoms. The van der Waals surface area contributed by atoms with E-state index in [2.05, 4.69) is 9.71 Å². The van der Waals surface area contributed by atoms with Gasteiger partial charge in [0.2, 0.25) is 0 Å². The Morgan fingerprint density at radius 2 is 1.79 bits per heavy atom. The number of hydrogen-bond acceptors (Lipinski definition) is 5. The lowest BCUT2D eigenvalue weighted by molar-refractivity contribution is 0.0997. The van der Waals surface area contributed by atoms with Crippen molar-refractivity contribution in [2.24, 2.45) is 4.99 Å². The first-order chi connectivity index (χ1) is 16.3. The molecule has 0 fully saturated rings. The van der Waals surface area contributed by atoms with Crippen molar-refractivity contribution in [3.8, 4) is 0 Å². The van der Waals surface area contributed by atoms with Gasteiger partial charge in [-0.1, -0.05) is 40.6 Å². The van der Waals surface area contributed by atoms with Crippen LogP contribution in [0.1, 0.15) is 15.9 Å². The Morgan fingerprint density at radius 3 is 2.47 bits per heavy atom. The number of sulfonamides is 1. The lowest BCUT2D eigenvalue weighted by atomic mass is 10.2. The highest BCUT2D eigenvalue weighted by Crippen LogP contribution is 2.22. The smallest absolute Gasteiger partial charge is 0.279 e. The standard InChI is InChI=1S/C24H22ClN3O4S2/c1-16-3-10-20(11-4-16)34(30,31)27-19-8-5-17(6-9-19)23(29)26-24-28(13-14-32-2)21-12-7-18(25)15-22(21)33-24/h3-12,15,27H,13-14H2,1-2H3. The van der Waals surface area contributed by atoms with Gasteiger partial charge in [0, 0.05) is 29.9 Å². The molecular weight excluding hydrogens is 494 g/mol. The van der Waals surface area contributed by atoms with Gasteiger partial charge in [-0.2, -0.15) is 4.99 Å². The van der Waals surface area contributed by atoms with Gasteiger partial charge >= 0.3 is 0 Å². The zero-order chi connectivity index (χ0) is 24.3. The number of aryl methyl sites for hydroxylation is 1. The van der Waals surface area contributed by atoms with Crippen molar-refractivity contribution in [1.82, 2.24) is 4.57 Å². The normalized spacial score (nSPS) is 12.3. The molecule has 4 aromatic rings. The monoisotopic (exact) mass is 515 g/mol. The second-order valence-electron chi connectivity index (χ2n) is 7.55. The third-order valence-corrected chi connectivity index (χ3v) is 7.75. The summed E-state index contributed by atoms with van der Waals surface area (Å²) in [5.41, 5.74) is 2.57. The summed E-state index contributed by atoms with van der Waals surface area (Å²) in [7, 11) is -2.11. The van der Waals surface area contributed by atoms with E-state index in [4.69, 9.17) is 16.3 Å². The highest BCUT2D eigenvalue weighted by Gasteiger charge is 2.15. The van der Waals surface area contributed by atoms with Crippen LogP contribution in [-0.2, 0) is 21.3 Å². The van der Waals surface area contributed by atoms with Crippen molar-refractivity contribution in [3.05, 3.63) is 87.7 Å². The van der Waals surface area contributed by atoms with E-state index in [-0.39, 0.29) is 4.90 Å². The van der Waals surface area contributed by atoms with Crippen LogP contribution in [0.25, 0.3) is 10.2 Å². The number of methoxy groups -OCH3 is 1. The first-order valence-corrected chi connectivity index (χ1v) is 13.0. The Kier molecular flexibility index (Phi) is 7.18. The average molecular weight is 516 g/mol. The molecule has 0 saturated carbocycles. The van der Waals surface area contributed by atoms with Crippen LogP contribution in [0.15, 0.2) is 76.6 Å². The molecule has 1 aromatic heterocycles. The van der Waals surface area contributed by atoms with Crippen LogP contribution in [0.4, 0.5) is 5.69 Å². The molecule has 1 amide bonds. The number of halogens is 1. The van der Waals surface area contributed by atoms with Gasteiger partial charge in [0.05, 0.1) is 21.7 Å². The predicted octanol–water partition coefficient (Wildman–Crippen LogP) is 4.85. The van der Waals surface area contributed by atoms with Crippen LogP contribution in [-0.4, -0.2) is 32.6 Å². The molecule has 0 radical (unpaired) electrons. The fourth-order valence-electron chi connectivity index (χ4n) is 3.29. The fourth-order valence-corrected chi connectivity index (χ4v) is 5.68. The summed E-state index contributed by atoms with van der Waals surface area (Å²) in [5.74, 6) is -0.434. The molecular formula is C24H22ClN3O4S2. The highest BCUT2D eigenvalue weighted by molar-refractivity contribution is 7.92. The van der Waals surface area contributed by atoms with Crippen LogP contribution in [0.5, 0.6) is 0 Å². The van der Waals surface area contributed by atoms with E-state index in [1.165, 1.54) is 23.5 Å². The number of hydrogen-bond donors (Lipinski definition) is 1. The third-order valence-electron chi connectivity index (χ3n) is 5.08. The minimum absolute atomic E-state index is 0.165. The third kappa shape index (κ3) is 5.39. The molecule has 176 valence electrons. The average Bonchev–Trinajstić information content (AvgIpc) is 3.13. The molecule has 3 aromatic carbocycles. The summed E-state index contributed by atoms with van der Waals surface area (Å²) in [6, 6.07) is 18.3. The Hall–Kier alpha value is -2.98. The van der Waals surface area contributed by atoms with Gasteiger partial charge in [0.1, 0.15) is 0 Å². The predicted molar refractivity (Wildman–Crippen MR) is 135 cm³/mol. The van der Waals surface area contributed by atoms with Gasteiger partial charge in [-0.05, 0) is 61.5 Å². The fraction of sp³-hybridized carbons (Fsp3) is 0.167. The van der Waals surface area contributed by atoms with Gasteiger partial charge < -0.3 is 9.30 Å². The molecule has 34 heavy (non-hydrogen) atoms. The molecule has 0 spiro atoms. The van der Waals surface area contributed by atoms with Gasteiger partial charge in [0.25, 0.3) is 15.9 Å². The number of thiazole rings is 1. The summed E-state index contributed by atoms with van der Waals surface area (Å²) in [6.45, 7) is 2.88. The molecule has 0 atom stereocenters. The maximum atomic E-state index is 12.9. The summed E-state index contributed by atoms with van der Waals surface area (Å²) < 4.78 is 35.7. The number of benzene rings is 3. The molecule has 0 bridgehead atoms. The summed E-state index contributed by atoms with van der Waals surface area (Å²) in [6.07, 6.45) is 0. The Labute approximate surface area is 206 Å². The van der Waals surface area contributed by atoms with Crippen molar-refractivity contribution >= 4 is 54.8 Å². The van der Waals surface area contributed by atoms with Gasteiger partial charge in [-0.25, -0.2) is 8.42 Å². The minimum atomic E-state index is -3.73. The van der Waals surface area contributed by atoms with Crippen molar-refractivity contribution in [2.75, 3.05) is 18.4 Å². The van der Waals surface area contributed by atoms with E-state index in [1.54, 1.807) is 49.6 Å². The number of nitrogens with zero attached hydrogens (tertiary/aromatic N) is 2. The Morgan fingerprint density at radius 1 is 1.09 bits per heavy atom. The summed E-state index contributed by atoms with van der Waals surface area (Å²) in [5, 5.41) is 0.606. The zero-order valence-electron chi connectivity index (χ0n) is 18.5. The molecule has 7 nitrogen and oxygen atoms in total. The number of carbonyl (C=O) groups excluding carboxylic acids is 1. The van der Waals surface area contributed by atoms with Gasteiger partial charge in [0.15, 0.2) is 4.80 Å². The highest BCUT2D eigenvalue weighted by atomic mass is 35.5. The van der Waals surface area contributed by atoms with E-state index >= 15 is 0 Å². The molecule has 1 heterocycles. The molecule has 0 unspecified atom stereocenters. The topological polar surface area (TPSA) is 89.8 Å². The largest absolute Gasteiger partial charge is 0.383 e. The van der Waals surface area contributed by atoms with E-state index < -0.39 is 15.9 Å². The molecule has 0 aliphatic carbocycles. The van der Waals surface area contributed by atoms with E-state index in [9.17, 15) is 13.2 Å². The lowest BCUT2D eigenvalue weighted by Crippen LogP contribution is -2.19. The van der Waals surface area contributed by atoms with Crippen molar-refractivity contribution in [1.29, 1.82) is 0 Å².